The first-order chi connectivity index (χ1) is 27.4. The van der Waals surface area contributed by atoms with Crippen LogP contribution < -0.4 is 0 Å². The monoisotopic (exact) mass is 793 g/mol. The van der Waals surface area contributed by atoms with E-state index in [9.17, 15) is 14.4 Å². The van der Waals surface area contributed by atoms with Crippen molar-refractivity contribution >= 4 is 17.9 Å². The summed E-state index contributed by atoms with van der Waals surface area (Å²) in [5.74, 6) is -0.0430. The number of esters is 3. The van der Waals surface area contributed by atoms with Crippen LogP contribution in [0, 0.1) is 5.92 Å². The van der Waals surface area contributed by atoms with Gasteiger partial charge in [-0.2, -0.15) is 0 Å². The highest BCUT2D eigenvalue weighted by molar-refractivity contribution is 5.71. The van der Waals surface area contributed by atoms with Crippen LogP contribution in [0.4, 0.5) is 0 Å². The standard InChI is InChI=1S/C50H96O6/c1-5-7-9-11-13-15-17-18-19-20-22-26-30-34-38-42-49(52)55-45-47(44-54-48(51)41-37-33-29-25-21-16-14-12-10-8-6-2)56-50(53)43-39-35-31-27-23-24-28-32-36-40-46(3)4/h46-47H,5-45H2,1-4H3/t47-/m1/s1. The fourth-order valence-corrected chi connectivity index (χ4v) is 7.51. The Labute approximate surface area is 348 Å². The molecule has 332 valence electrons. The minimum absolute atomic E-state index is 0.0633. The van der Waals surface area contributed by atoms with Crippen molar-refractivity contribution in [3.8, 4) is 0 Å². The van der Waals surface area contributed by atoms with Gasteiger partial charge in [-0.25, -0.2) is 0 Å². The molecule has 56 heavy (non-hydrogen) atoms. The van der Waals surface area contributed by atoms with E-state index in [2.05, 4.69) is 27.7 Å². The van der Waals surface area contributed by atoms with E-state index in [1.807, 2.05) is 0 Å². The third-order valence-corrected chi connectivity index (χ3v) is 11.3. The summed E-state index contributed by atoms with van der Waals surface area (Å²) in [6.45, 7) is 8.99. The Morgan fingerprint density at radius 1 is 0.339 bits per heavy atom. The number of ether oxygens (including phenoxy) is 3. The number of hydrogen-bond acceptors (Lipinski definition) is 6. The maximum Gasteiger partial charge on any atom is 0.306 e. The third-order valence-electron chi connectivity index (χ3n) is 11.3. The van der Waals surface area contributed by atoms with Crippen molar-refractivity contribution in [2.24, 2.45) is 5.92 Å². The average Bonchev–Trinajstić information content (AvgIpc) is 3.18. The van der Waals surface area contributed by atoms with Crippen LogP contribution >= 0.6 is 0 Å². The van der Waals surface area contributed by atoms with Crippen molar-refractivity contribution in [2.45, 2.75) is 284 Å². The van der Waals surface area contributed by atoms with Crippen molar-refractivity contribution in [3.05, 3.63) is 0 Å². The molecule has 6 nitrogen and oxygen atoms in total. The van der Waals surface area contributed by atoms with E-state index in [0.717, 1.165) is 63.7 Å². The van der Waals surface area contributed by atoms with E-state index in [0.29, 0.717) is 19.3 Å². The minimum Gasteiger partial charge on any atom is -0.462 e. The zero-order chi connectivity index (χ0) is 41.0. The number of carbonyl (C=O) groups is 3. The molecule has 0 aromatic rings. The summed E-state index contributed by atoms with van der Waals surface area (Å²) in [5, 5.41) is 0. The number of unbranched alkanes of at least 4 members (excludes halogenated alkanes) is 32. The summed E-state index contributed by atoms with van der Waals surface area (Å²) in [5.41, 5.74) is 0. The fraction of sp³-hybridized carbons (Fsp3) is 0.940. The van der Waals surface area contributed by atoms with E-state index in [1.54, 1.807) is 0 Å². The van der Waals surface area contributed by atoms with Crippen LogP contribution in [0.25, 0.3) is 0 Å². The molecule has 0 aromatic carbocycles. The summed E-state index contributed by atoms with van der Waals surface area (Å²) < 4.78 is 16.8. The van der Waals surface area contributed by atoms with Gasteiger partial charge in [0.25, 0.3) is 0 Å². The molecule has 1 atom stereocenters. The predicted octanol–water partition coefficient (Wildman–Crippen LogP) is 15.9. The Kier molecular flexibility index (Phi) is 43.2. The maximum atomic E-state index is 12.7. The van der Waals surface area contributed by atoms with Crippen LogP contribution in [0.2, 0.25) is 0 Å². The second-order valence-corrected chi connectivity index (χ2v) is 17.6. The van der Waals surface area contributed by atoms with Crippen LogP contribution in [0.3, 0.4) is 0 Å². The van der Waals surface area contributed by atoms with Gasteiger partial charge in [0.15, 0.2) is 6.10 Å². The molecule has 0 N–H and O–H groups in total. The summed E-state index contributed by atoms with van der Waals surface area (Å²) in [6.07, 6.45) is 45.1. The molecular weight excluding hydrogens is 697 g/mol. The molecule has 0 aromatic heterocycles. The van der Waals surface area contributed by atoms with Gasteiger partial charge in [0, 0.05) is 19.3 Å². The highest BCUT2D eigenvalue weighted by Crippen LogP contribution is 2.17. The van der Waals surface area contributed by atoms with Gasteiger partial charge < -0.3 is 14.2 Å². The molecule has 0 saturated heterocycles. The van der Waals surface area contributed by atoms with E-state index >= 15 is 0 Å². The third kappa shape index (κ3) is 43.5. The maximum absolute atomic E-state index is 12.7. The summed E-state index contributed by atoms with van der Waals surface area (Å²) in [6, 6.07) is 0. The number of rotatable bonds is 45. The zero-order valence-electron chi connectivity index (χ0n) is 38.1. The first-order valence-corrected chi connectivity index (χ1v) is 24.9. The lowest BCUT2D eigenvalue weighted by Gasteiger charge is -2.18. The molecule has 0 aliphatic heterocycles. The molecule has 0 spiro atoms. The highest BCUT2D eigenvalue weighted by Gasteiger charge is 2.19. The first kappa shape index (κ1) is 54.4. The molecule has 0 unspecified atom stereocenters. The fourth-order valence-electron chi connectivity index (χ4n) is 7.51. The normalized spacial score (nSPS) is 11.9. The smallest absolute Gasteiger partial charge is 0.306 e. The van der Waals surface area contributed by atoms with Crippen molar-refractivity contribution in [3.63, 3.8) is 0 Å². The van der Waals surface area contributed by atoms with Gasteiger partial charge in [-0.1, -0.05) is 240 Å². The molecule has 6 heteroatoms. The van der Waals surface area contributed by atoms with E-state index in [1.165, 1.54) is 173 Å². The van der Waals surface area contributed by atoms with Crippen LogP contribution in [0.1, 0.15) is 278 Å². The molecule has 0 rings (SSSR count). The Bertz CT molecular complexity index is 841. The van der Waals surface area contributed by atoms with Crippen LogP contribution in [-0.4, -0.2) is 37.2 Å². The van der Waals surface area contributed by atoms with Crippen LogP contribution in [0.15, 0.2) is 0 Å². The topological polar surface area (TPSA) is 78.9 Å². The molecular formula is C50H96O6. The van der Waals surface area contributed by atoms with Crippen molar-refractivity contribution in [1.82, 2.24) is 0 Å². The van der Waals surface area contributed by atoms with Crippen LogP contribution in [0.5, 0.6) is 0 Å². The summed E-state index contributed by atoms with van der Waals surface area (Å²) >= 11 is 0. The number of hydrogen-bond donors (Lipinski definition) is 0. The lowest BCUT2D eigenvalue weighted by molar-refractivity contribution is -0.167. The Morgan fingerprint density at radius 2 is 0.589 bits per heavy atom. The second-order valence-electron chi connectivity index (χ2n) is 17.6. The van der Waals surface area contributed by atoms with Gasteiger partial charge >= 0.3 is 17.9 Å². The molecule has 0 aliphatic rings. The summed E-state index contributed by atoms with van der Waals surface area (Å²) in [4.78, 5) is 37.8. The van der Waals surface area contributed by atoms with Gasteiger partial charge in [-0.3, -0.25) is 14.4 Å². The Morgan fingerprint density at radius 3 is 0.875 bits per heavy atom. The molecule has 0 bridgehead atoms. The van der Waals surface area contributed by atoms with Gasteiger partial charge in [0.05, 0.1) is 0 Å². The molecule has 0 saturated carbocycles. The molecule has 0 amide bonds. The summed E-state index contributed by atoms with van der Waals surface area (Å²) in [7, 11) is 0. The minimum atomic E-state index is -0.760. The van der Waals surface area contributed by atoms with Crippen molar-refractivity contribution in [2.75, 3.05) is 13.2 Å². The van der Waals surface area contributed by atoms with Crippen LogP contribution in [-0.2, 0) is 28.6 Å². The van der Waals surface area contributed by atoms with Gasteiger partial charge in [0.1, 0.15) is 13.2 Å². The quantitative estimate of drug-likeness (QED) is 0.0347. The predicted molar refractivity (Wildman–Crippen MR) is 238 cm³/mol. The Balaban J connectivity index is 4.30. The average molecular weight is 793 g/mol. The molecule has 0 fully saturated rings. The SMILES string of the molecule is CCCCCCCCCCCCCCCCCC(=O)OC[C@@H](COC(=O)CCCCCCCCCCCCC)OC(=O)CCCCCCCCCCCC(C)C. The molecule has 0 aliphatic carbocycles. The number of carbonyl (C=O) groups excluding carboxylic acids is 3. The lowest BCUT2D eigenvalue weighted by atomic mass is 10.0. The Hall–Kier alpha value is -1.59. The van der Waals surface area contributed by atoms with Crippen molar-refractivity contribution in [1.29, 1.82) is 0 Å². The van der Waals surface area contributed by atoms with Crippen molar-refractivity contribution < 1.29 is 28.6 Å². The van der Waals surface area contributed by atoms with Gasteiger partial charge in [-0.05, 0) is 25.2 Å². The van der Waals surface area contributed by atoms with E-state index in [4.69, 9.17) is 14.2 Å². The van der Waals surface area contributed by atoms with Gasteiger partial charge in [-0.15, -0.1) is 0 Å². The van der Waals surface area contributed by atoms with Gasteiger partial charge in [0.2, 0.25) is 0 Å². The molecule has 0 radical (unpaired) electrons. The first-order valence-electron chi connectivity index (χ1n) is 24.9. The largest absolute Gasteiger partial charge is 0.462 e. The second kappa shape index (κ2) is 44.5. The van der Waals surface area contributed by atoms with E-state index < -0.39 is 6.10 Å². The highest BCUT2D eigenvalue weighted by atomic mass is 16.6. The molecule has 0 heterocycles. The lowest BCUT2D eigenvalue weighted by Crippen LogP contribution is -2.30. The zero-order valence-corrected chi connectivity index (χ0v) is 38.1. The van der Waals surface area contributed by atoms with E-state index in [-0.39, 0.29) is 31.1 Å².